The molecule has 1 unspecified atom stereocenters. The van der Waals surface area contributed by atoms with Crippen LogP contribution >= 0.6 is 0 Å². The second-order valence-corrected chi connectivity index (χ2v) is 7.26. The Kier molecular flexibility index (Phi) is 6.70. The zero-order valence-electron chi connectivity index (χ0n) is 12.9. The van der Waals surface area contributed by atoms with E-state index in [-0.39, 0.29) is 5.60 Å². The highest BCUT2D eigenvalue weighted by Gasteiger charge is 2.33. The van der Waals surface area contributed by atoms with Gasteiger partial charge in [0.15, 0.2) is 0 Å². The maximum absolute atomic E-state index is 10.7. The normalized spacial score (nSPS) is 28.0. The predicted molar refractivity (Wildman–Crippen MR) is 79.8 cm³/mol. The lowest BCUT2D eigenvalue weighted by molar-refractivity contribution is 0.0115. The molecule has 0 aromatic carbocycles. The van der Waals surface area contributed by atoms with E-state index in [1.807, 2.05) is 0 Å². The molecule has 108 valence electrons. The van der Waals surface area contributed by atoms with Gasteiger partial charge in [0.2, 0.25) is 0 Å². The summed E-state index contributed by atoms with van der Waals surface area (Å²) in [5.74, 6) is 0. The van der Waals surface area contributed by atoms with Crippen LogP contribution in [-0.4, -0.2) is 10.7 Å². The van der Waals surface area contributed by atoms with Crippen LogP contribution in [0.5, 0.6) is 0 Å². The summed E-state index contributed by atoms with van der Waals surface area (Å²) in [5, 5.41) is 10.7. The van der Waals surface area contributed by atoms with E-state index in [1.54, 1.807) is 0 Å². The molecule has 1 aliphatic carbocycles. The lowest BCUT2D eigenvalue weighted by Crippen LogP contribution is -2.28. The number of hydrogen-bond acceptors (Lipinski definition) is 1. The topological polar surface area (TPSA) is 20.2 Å². The van der Waals surface area contributed by atoms with Crippen LogP contribution in [0.3, 0.4) is 0 Å². The van der Waals surface area contributed by atoms with Gasteiger partial charge in [-0.15, -0.1) is 0 Å². The highest BCUT2D eigenvalue weighted by molar-refractivity contribution is 4.86. The smallest absolute Gasteiger partial charge is 0.0648 e. The molecule has 1 fully saturated rings. The molecule has 1 atom stereocenters. The summed E-state index contributed by atoms with van der Waals surface area (Å²) in [6.07, 6.45) is 14.7. The molecule has 1 nitrogen and oxygen atoms in total. The van der Waals surface area contributed by atoms with E-state index in [9.17, 15) is 5.11 Å². The summed E-state index contributed by atoms with van der Waals surface area (Å²) in [5.41, 5.74) is 0.115. The van der Waals surface area contributed by atoms with Crippen LogP contribution in [-0.2, 0) is 0 Å². The number of rotatable bonds is 7. The molecule has 18 heavy (non-hydrogen) atoms. The van der Waals surface area contributed by atoms with Gasteiger partial charge in [0, 0.05) is 0 Å². The van der Waals surface area contributed by atoms with Crippen LogP contribution in [0.4, 0.5) is 0 Å². The first kappa shape index (κ1) is 16.0. The van der Waals surface area contributed by atoms with Crippen molar-refractivity contribution in [2.24, 2.45) is 5.41 Å². The average Bonchev–Trinajstić information content (AvgIpc) is 2.44. The van der Waals surface area contributed by atoms with E-state index >= 15 is 0 Å². The molecule has 1 rings (SSSR count). The Hall–Kier alpha value is -0.0400. The Labute approximate surface area is 114 Å². The van der Waals surface area contributed by atoms with E-state index in [2.05, 4.69) is 20.8 Å². The van der Waals surface area contributed by atoms with Crippen LogP contribution in [0.1, 0.15) is 97.8 Å². The summed E-state index contributed by atoms with van der Waals surface area (Å²) in [6, 6.07) is 0. The van der Waals surface area contributed by atoms with Crippen molar-refractivity contribution >= 4 is 0 Å². The van der Waals surface area contributed by atoms with Gasteiger partial charge in [-0.05, 0) is 37.5 Å². The molecular formula is C17H34O. The first-order valence-corrected chi connectivity index (χ1v) is 8.20. The molecule has 0 aromatic heterocycles. The molecule has 0 amide bonds. The van der Waals surface area contributed by atoms with Gasteiger partial charge in [-0.2, -0.15) is 0 Å². The van der Waals surface area contributed by atoms with Gasteiger partial charge in [-0.25, -0.2) is 0 Å². The third kappa shape index (κ3) is 6.22. The molecule has 0 aliphatic heterocycles. The molecule has 0 radical (unpaired) electrons. The van der Waals surface area contributed by atoms with Crippen LogP contribution in [0.2, 0.25) is 0 Å². The lowest BCUT2D eigenvalue weighted by atomic mass is 9.83. The summed E-state index contributed by atoms with van der Waals surface area (Å²) in [6.45, 7) is 6.96. The van der Waals surface area contributed by atoms with Gasteiger partial charge in [0.1, 0.15) is 0 Å². The number of aliphatic hydroxyl groups is 1. The molecule has 0 spiro atoms. The minimum atomic E-state index is -0.335. The second-order valence-electron chi connectivity index (χ2n) is 7.26. The molecule has 0 aromatic rings. The maximum atomic E-state index is 10.7. The lowest BCUT2D eigenvalue weighted by Gasteiger charge is -2.28. The number of hydrogen-bond donors (Lipinski definition) is 1. The van der Waals surface area contributed by atoms with Crippen LogP contribution in [0, 0.1) is 5.41 Å². The Morgan fingerprint density at radius 2 is 1.50 bits per heavy atom. The first-order chi connectivity index (χ1) is 8.47. The highest BCUT2D eigenvalue weighted by Crippen LogP contribution is 2.40. The second kappa shape index (κ2) is 7.53. The SMILES string of the molecule is CCCCCCCCC1(O)CCCC(C)(C)CC1. The van der Waals surface area contributed by atoms with Crippen molar-refractivity contribution in [3.05, 3.63) is 0 Å². The fraction of sp³-hybridized carbons (Fsp3) is 1.00. The minimum Gasteiger partial charge on any atom is -0.390 e. The first-order valence-electron chi connectivity index (χ1n) is 8.20. The van der Waals surface area contributed by atoms with Crippen molar-refractivity contribution in [1.82, 2.24) is 0 Å². The van der Waals surface area contributed by atoms with Crippen molar-refractivity contribution < 1.29 is 5.11 Å². The zero-order chi connectivity index (χ0) is 13.5. The fourth-order valence-electron chi connectivity index (χ4n) is 3.20. The minimum absolute atomic E-state index is 0.335. The molecular weight excluding hydrogens is 220 g/mol. The van der Waals surface area contributed by atoms with Crippen LogP contribution in [0.25, 0.3) is 0 Å². The van der Waals surface area contributed by atoms with E-state index in [0.29, 0.717) is 5.41 Å². The Bertz CT molecular complexity index is 222. The summed E-state index contributed by atoms with van der Waals surface area (Å²) in [7, 11) is 0. The molecule has 1 heteroatoms. The Balaban J connectivity index is 2.19. The van der Waals surface area contributed by atoms with Crippen molar-refractivity contribution in [3.63, 3.8) is 0 Å². The standard InChI is InChI=1S/C17H34O/c1-4-5-6-7-8-9-12-17(18)13-10-11-16(2,3)14-15-17/h18H,4-15H2,1-3H3. The van der Waals surface area contributed by atoms with Crippen molar-refractivity contribution in [3.8, 4) is 0 Å². The van der Waals surface area contributed by atoms with Crippen LogP contribution < -0.4 is 0 Å². The molecule has 0 saturated heterocycles. The molecule has 0 bridgehead atoms. The number of unbranched alkanes of at least 4 members (excludes halogenated alkanes) is 5. The third-order valence-corrected chi connectivity index (χ3v) is 4.76. The summed E-state index contributed by atoms with van der Waals surface area (Å²) < 4.78 is 0. The van der Waals surface area contributed by atoms with Crippen LogP contribution in [0.15, 0.2) is 0 Å². The summed E-state index contributed by atoms with van der Waals surface area (Å²) >= 11 is 0. The van der Waals surface area contributed by atoms with Crippen molar-refractivity contribution in [2.75, 3.05) is 0 Å². The maximum Gasteiger partial charge on any atom is 0.0648 e. The Morgan fingerprint density at radius 3 is 2.22 bits per heavy atom. The van der Waals surface area contributed by atoms with Crippen molar-refractivity contribution in [1.29, 1.82) is 0 Å². The summed E-state index contributed by atoms with van der Waals surface area (Å²) in [4.78, 5) is 0. The fourth-order valence-corrected chi connectivity index (χ4v) is 3.20. The Morgan fingerprint density at radius 1 is 0.833 bits per heavy atom. The van der Waals surface area contributed by atoms with Gasteiger partial charge in [0.05, 0.1) is 5.60 Å². The molecule has 0 heterocycles. The van der Waals surface area contributed by atoms with Crippen molar-refractivity contribution in [2.45, 2.75) is 103 Å². The van der Waals surface area contributed by atoms with E-state index in [0.717, 1.165) is 19.3 Å². The molecule has 1 saturated carbocycles. The monoisotopic (exact) mass is 254 g/mol. The van der Waals surface area contributed by atoms with Gasteiger partial charge in [0.25, 0.3) is 0 Å². The average molecular weight is 254 g/mol. The largest absolute Gasteiger partial charge is 0.390 e. The van der Waals surface area contributed by atoms with Gasteiger partial charge < -0.3 is 5.11 Å². The quantitative estimate of drug-likeness (QED) is 0.472. The van der Waals surface area contributed by atoms with Gasteiger partial charge in [-0.1, -0.05) is 65.7 Å². The highest BCUT2D eigenvalue weighted by atomic mass is 16.3. The third-order valence-electron chi connectivity index (χ3n) is 4.76. The van der Waals surface area contributed by atoms with Gasteiger partial charge in [-0.3, -0.25) is 0 Å². The van der Waals surface area contributed by atoms with E-state index in [1.165, 1.54) is 57.8 Å². The van der Waals surface area contributed by atoms with E-state index < -0.39 is 0 Å². The van der Waals surface area contributed by atoms with Gasteiger partial charge >= 0.3 is 0 Å². The predicted octanol–water partition coefficient (Wildman–Crippen LogP) is 5.46. The molecule has 1 N–H and O–H groups in total. The zero-order valence-corrected chi connectivity index (χ0v) is 12.9. The molecule has 1 aliphatic rings. The van der Waals surface area contributed by atoms with E-state index in [4.69, 9.17) is 0 Å².